The maximum atomic E-state index is 10.3. The molecule has 0 aliphatic carbocycles. The molecule has 4 aromatic rings. The number of aromatic amines is 1. The maximum absolute atomic E-state index is 10.3. The molecule has 0 spiro atoms. The summed E-state index contributed by atoms with van der Waals surface area (Å²) in [5.74, 6) is 0.417. The highest BCUT2D eigenvalue weighted by molar-refractivity contribution is 5.87. The van der Waals surface area contributed by atoms with Gasteiger partial charge in [0.15, 0.2) is 0 Å². The van der Waals surface area contributed by atoms with E-state index in [9.17, 15) is 20.4 Å². The monoisotopic (exact) mass is 440 g/mol. The molecule has 1 fully saturated rings. The number of H-pyrrole nitrogens is 1. The molecule has 3 heterocycles. The van der Waals surface area contributed by atoms with Gasteiger partial charge in [0.1, 0.15) is 35.7 Å². The molecule has 1 aliphatic rings. The number of benzene rings is 2. The maximum Gasteiger partial charge on any atom is 0.229 e. The lowest BCUT2D eigenvalue weighted by atomic mass is 9.99. The van der Waals surface area contributed by atoms with E-state index in [0.717, 1.165) is 34.0 Å². The summed E-state index contributed by atoms with van der Waals surface area (Å²) in [5, 5.41) is 49.0. The highest BCUT2D eigenvalue weighted by atomic mass is 16.7. The van der Waals surface area contributed by atoms with Crippen LogP contribution < -0.4 is 4.74 Å². The van der Waals surface area contributed by atoms with Crippen LogP contribution in [0.2, 0.25) is 0 Å². The van der Waals surface area contributed by atoms with Gasteiger partial charge in [-0.1, -0.05) is 12.1 Å². The van der Waals surface area contributed by atoms with Crippen LogP contribution >= 0.6 is 0 Å². The van der Waals surface area contributed by atoms with Gasteiger partial charge in [-0.3, -0.25) is 5.10 Å². The minimum Gasteiger partial charge on any atom is -0.464 e. The molecule has 5 rings (SSSR count). The van der Waals surface area contributed by atoms with Crippen LogP contribution in [0.4, 0.5) is 0 Å². The highest BCUT2D eigenvalue weighted by Gasteiger charge is 2.44. The van der Waals surface area contributed by atoms with E-state index in [-0.39, 0.29) is 0 Å². The van der Waals surface area contributed by atoms with Crippen LogP contribution in [-0.2, 0) is 17.6 Å². The van der Waals surface area contributed by atoms with E-state index in [1.165, 1.54) is 0 Å². The molecule has 9 heteroatoms. The first-order chi connectivity index (χ1) is 15.5. The van der Waals surface area contributed by atoms with Gasteiger partial charge >= 0.3 is 0 Å². The fourth-order valence-corrected chi connectivity index (χ4v) is 4.11. The van der Waals surface area contributed by atoms with Gasteiger partial charge in [-0.05, 0) is 48.7 Å². The Morgan fingerprint density at radius 1 is 1.00 bits per heavy atom. The predicted octanol–water partition coefficient (Wildman–Crippen LogP) is 1.27. The van der Waals surface area contributed by atoms with Crippen LogP contribution in [0.25, 0.3) is 21.9 Å². The van der Waals surface area contributed by atoms with E-state index >= 15 is 0 Å². The normalized spacial score (nSPS) is 26.1. The number of nitrogens with zero attached hydrogens (tertiary/aromatic N) is 1. The number of fused-ring (bicyclic) bond motifs is 2. The average molecular weight is 440 g/mol. The van der Waals surface area contributed by atoms with Gasteiger partial charge in [0.25, 0.3) is 0 Å². The van der Waals surface area contributed by atoms with Crippen molar-refractivity contribution < 1.29 is 34.3 Å². The summed E-state index contributed by atoms with van der Waals surface area (Å²) >= 11 is 0. The zero-order chi connectivity index (χ0) is 22.2. The minimum atomic E-state index is -1.51. The molecule has 0 unspecified atom stereocenters. The molecule has 1 aliphatic heterocycles. The van der Waals surface area contributed by atoms with Crippen LogP contribution in [0.5, 0.6) is 5.75 Å². The SMILES string of the molecule is OC[C@H]1O[C@@H](Oc2cccc3n[nH]c(CCc4ccc5occc5c4)c23)[C@H](O)[C@@H](O)[C@@H]1O. The lowest BCUT2D eigenvalue weighted by Gasteiger charge is -2.39. The second kappa shape index (κ2) is 8.53. The molecule has 2 aromatic heterocycles. The van der Waals surface area contributed by atoms with Crippen molar-refractivity contribution in [3.05, 3.63) is 60.0 Å². The smallest absolute Gasteiger partial charge is 0.229 e. The Morgan fingerprint density at radius 3 is 2.72 bits per heavy atom. The van der Waals surface area contributed by atoms with Crippen molar-refractivity contribution in [1.82, 2.24) is 10.2 Å². The van der Waals surface area contributed by atoms with E-state index in [0.29, 0.717) is 17.7 Å². The van der Waals surface area contributed by atoms with Crippen molar-refractivity contribution in [3.63, 3.8) is 0 Å². The number of aryl methyl sites for hydroxylation is 2. The number of aromatic nitrogens is 2. The summed E-state index contributed by atoms with van der Waals surface area (Å²) in [6.45, 7) is -0.521. The second-order valence-corrected chi connectivity index (χ2v) is 7.96. The fraction of sp³-hybridized carbons (Fsp3) is 0.348. The molecule has 5 atom stereocenters. The first kappa shape index (κ1) is 20.9. The van der Waals surface area contributed by atoms with E-state index in [4.69, 9.17) is 13.9 Å². The van der Waals surface area contributed by atoms with Crippen LogP contribution in [0.3, 0.4) is 0 Å². The van der Waals surface area contributed by atoms with Crippen molar-refractivity contribution in [2.45, 2.75) is 43.5 Å². The number of rotatable bonds is 6. The Balaban J connectivity index is 1.39. The number of hydrogen-bond acceptors (Lipinski definition) is 8. The van der Waals surface area contributed by atoms with Crippen LogP contribution in [0.15, 0.2) is 53.1 Å². The van der Waals surface area contributed by atoms with Gasteiger partial charge in [-0.15, -0.1) is 0 Å². The third-order valence-corrected chi connectivity index (χ3v) is 5.89. The van der Waals surface area contributed by atoms with Gasteiger partial charge in [-0.2, -0.15) is 5.10 Å². The van der Waals surface area contributed by atoms with Gasteiger partial charge in [0, 0.05) is 11.1 Å². The Morgan fingerprint density at radius 2 is 1.88 bits per heavy atom. The summed E-state index contributed by atoms with van der Waals surface area (Å²) in [7, 11) is 0. The quantitative estimate of drug-likeness (QED) is 0.302. The number of ether oxygens (including phenoxy) is 2. The molecular formula is C23H24N2O7. The number of furan rings is 1. The van der Waals surface area contributed by atoms with Crippen molar-refractivity contribution in [1.29, 1.82) is 0 Å². The standard InChI is InChI=1S/C23H24N2O7/c26-11-18-20(27)21(28)22(29)23(32-18)31-17-3-1-2-14-19(17)15(25-24-14)6-4-12-5-7-16-13(10-12)8-9-30-16/h1-3,5,7-10,18,20-23,26-29H,4,6,11H2,(H,24,25)/t18-,20-,21+,22-,23-/m1/s1. The van der Waals surface area contributed by atoms with Crippen molar-refractivity contribution in [3.8, 4) is 5.75 Å². The molecule has 9 nitrogen and oxygen atoms in total. The van der Waals surface area contributed by atoms with Crippen molar-refractivity contribution in [2.24, 2.45) is 0 Å². The van der Waals surface area contributed by atoms with Gasteiger partial charge in [-0.25, -0.2) is 0 Å². The molecule has 0 amide bonds. The van der Waals surface area contributed by atoms with Crippen LogP contribution in [-0.4, -0.2) is 67.9 Å². The lowest BCUT2D eigenvalue weighted by molar-refractivity contribution is -0.277. The molecule has 32 heavy (non-hydrogen) atoms. The van der Waals surface area contributed by atoms with E-state index in [1.807, 2.05) is 24.3 Å². The van der Waals surface area contributed by atoms with E-state index < -0.39 is 37.3 Å². The fourth-order valence-electron chi connectivity index (χ4n) is 4.11. The van der Waals surface area contributed by atoms with E-state index in [1.54, 1.807) is 18.4 Å². The molecule has 0 saturated carbocycles. The summed E-state index contributed by atoms with van der Waals surface area (Å²) in [6.07, 6.45) is -3.66. The molecule has 2 aromatic carbocycles. The second-order valence-electron chi connectivity index (χ2n) is 7.96. The molecular weight excluding hydrogens is 416 g/mol. The Labute approximate surface area is 182 Å². The zero-order valence-corrected chi connectivity index (χ0v) is 17.1. The average Bonchev–Trinajstić information content (AvgIpc) is 3.45. The first-order valence-corrected chi connectivity index (χ1v) is 10.4. The summed E-state index contributed by atoms with van der Waals surface area (Å²) in [6, 6.07) is 13.3. The van der Waals surface area contributed by atoms with Gasteiger partial charge < -0.3 is 34.3 Å². The third kappa shape index (κ3) is 3.74. The molecule has 1 saturated heterocycles. The van der Waals surface area contributed by atoms with E-state index in [2.05, 4.69) is 16.3 Å². The van der Waals surface area contributed by atoms with Crippen molar-refractivity contribution in [2.75, 3.05) is 6.61 Å². The Bertz CT molecular complexity index is 1220. The first-order valence-electron chi connectivity index (χ1n) is 10.4. The molecule has 0 bridgehead atoms. The Kier molecular flexibility index (Phi) is 5.58. The number of aliphatic hydroxyl groups is 4. The highest BCUT2D eigenvalue weighted by Crippen LogP contribution is 2.32. The molecule has 168 valence electrons. The number of nitrogens with one attached hydrogen (secondary N) is 1. The summed E-state index contributed by atoms with van der Waals surface area (Å²) in [4.78, 5) is 0. The Hall–Kier alpha value is -2.95. The molecule has 0 radical (unpaired) electrons. The number of hydrogen-bond donors (Lipinski definition) is 5. The largest absolute Gasteiger partial charge is 0.464 e. The van der Waals surface area contributed by atoms with Gasteiger partial charge in [0.05, 0.1) is 23.8 Å². The lowest BCUT2D eigenvalue weighted by Crippen LogP contribution is -2.60. The topological polar surface area (TPSA) is 141 Å². The molecule has 5 N–H and O–H groups in total. The minimum absolute atomic E-state index is 0.417. The van der Waals surface area contributed by atoms with Crippen molar-refractivity contribution >= 4 is 21.9 Å². The predicted molar refractivity (Wildman–Crippen MR) is 114 cm³/mol. The van der Waals surface area contributed by atoms with Crippen LogP contribution in [0.1, 0.15) is 11.3 Å². The van der Waals surface area contributed by atoms with Gasteiger partial charge in [0.2, 0.25) is 6.29 Å². The third-order valence-electron chi connectivity index (χ3n) is 5.89. The summed E-state index contributed by atoms with van der Waals surface area (Å²) < 4.78 is 16.8. The summed E-state index contributed by atoms with van der Waals surface area (Å²) in [5.41, 5.74) is 3.53. The zero-order valence-electron chi connectivity index (χ0n) is 17.1. The number of aliphatic hydroxyl groups excluding tert-OH is 4. The van der Waals surface area contributed by atoms with Crippen LogP contribution in [0, 0.1) is 0 Å².